The third kappa shape index (κ3) is 2.18. The molecule has 59 valence electrons. The fraction of sp³-hybridized carbons (Fsp3) is 0.125. The number of ether oxygens (including phenoxy) is 1. The maximum absolute atomic E-state index is 12.4. The van der Waals surface area contributed by atoms with Crippen molar-refractivity contribution in [3.8, 4) is 5.75 Å². The molecule has 0 bridgehead atoms. The maximum Gasteiger partial charge on any atom is 0.132 e. The lowest BCUT2D eigenvalue weighted by molar-refractivity contribution is 0.408. The minimum absolute atomic E-state index is 0.171. The zero-order valence-electron chi connectivity index (χ0n) is 5.97. The molecule has 11 heavy (non-hydrogen) atoms. The van der Waals surface area contributed by atoms with E-state index in [1.165, 1.54) is 6.61 Å². The Bertz CT molecular complexity index is 228. The highest BCUT2D eigenvalue weighted by Crippen LogP contribution is 2.15. The van der Waals surface area contributed by atoms with E-state index >= 15 is 0 Å². The summed E-state index contributed by atoms with van der Waals surface area (Å²) in [5, 5.41) is 0. The molecule has 0 aliphatic rings. The molecule has 3 heteroatoms. The maximum atomic E-state index is 12.4. The van der Waals surface area contributed by atoms with Crippen LogP contribution in [0.5, 0.6) is 5.75 Å². The van der Waals surface area contributed by atoms with Crippen molar-refractivity contribution in [2.45, 2.75) is 6.92 Å². The van der Waals surface area contributed by atoms with E-state index in [0.29, 0.717) is 0 Å². The summed E-state index contributed by atoms with van der Waals surface area (Å²) in [6.07, 6.45) is 0. The van der Waals surface area contributed by atoms with Gasteiger partial charge in [-0.15, -0.1) is 0 Å². The van der Waals surface area contributed by atoms with Crippen LogP contribution in [-0.4, -0.2) is 0 Å². The van der Waals surface area contributed by atoms with Crippen LogP contribution in [0.1, 0.15) is 6.92 Å². The minimum atomic E-state index is -0.637. The predicted octanol–water partition coefficient (Wildman–Crippen LogP) is 2.53. The van der Waals surface area contributed by atoms with Crippen LogP contribution in [0.25, 0.3) is 0 Å². The van der Waals surface area contributed by atoms with Gasteiger partial charge in [0.2, 0.25) is 0 Å². The first kappa shape index (κ1) is 7.98. The highest BCUT2D eigenvalue weighted by molar-refractivity contribution is 5.23. The lowest BCUT2D eigenvalue weighted by Crippen LogP contribution is -1.87. The Morgan fingerprint density at radius 2 is 1.73 bits per heavy atom. The van der Waals surface area contributed by atoms with E-state index < -0.39 is 11.6 Å². The number of benzene rings is 1. The first-order valence-electron chi connectivity index (χ1n) is 3.13. The third-order valence-corrected chi connectivity index (χ3v) is 1.09. The SMILES string of the molecule is C[CH]Oc1cc(F)cc(F)c1. The van der Waals surface area contributed by atoms with Crippen LogP contribution in [0.3, 0.4) is 0 Å². The van der Waals surface area contributed by atoms with Gasteiger partial charge in [0.15, 0.2) is 0 Å². The van der Waals surface area contributed by atoms with Crippen molar-refractivity contribution in [1.29, 1.82) is 0 Å². The molecule has 0 unspecified atom stereocenters. The van der Waals surface area contributed by atoms with Crippen molar-refractivity contribution in [3.05, 3.63) is 36.4 Å². The minimum Gasteiger partial charge on any atom is -0.487 e. The average Bonchev–Trinajstić information content (AvgIpc) is 1.85. The number of hydrogen-bond donors (Lipinski definition) is 0. The van der Waals surface area contributed by atoms with Crippen LogP contribution in [0, 0.1) is 18.2 Å². The van der Waals surface area contributed by atoms with Crippen molar-refractivity contribution in [2.24, 2.45) is 0 Å². The van der Waals surface area contributed by atoms with Gasteiger partial charge in [-0.1, -0.05) is 0 Å². The molecule has 1 aromatic carbocycles. The molecule has 0 saturated carbocycles. The Hall–Kier alpha value is -1.12. The first-order chi connectivity index (χ1) is 5.22. The number of rotatable bonds is 2. The standard InChI is InChI=1S/C8H7F2O/c1-2-11-8-4-6(9)3-7(10)5-8/h2-5H,1H3. The molecule has 0 saturated heterocycles. The molecule has 0 spiro atoms. The Balaban J connectivity index is 2.89. The first-order valence-corrected chi connectivity index (χ1v) is 3.13. The van der Waals surface area contributed by atoms with Crippen molar-refractivity contribution in [1.82, 2.24) is 0 Å². The summed E-state index contributed by atoms with van der Waals surface area (Å²) in [6, 6.07) is 3.02. The lowest BCUT2D eigenvalue weighted by Gasteiger charge is -2.00. The van der Waals surface area contributed by atoms with Gasteiger partial charge < -0.3 is 4.74 Å². The van der Waals surface area contributed by atoms with Crippen molar-refractivity contribution >= 4 is 0 Å². The summed E-state index contributed by atoms with van der Waals surface area (Å²) in [6.45, 7) is 2.98. The monoisotopic (exact) mass is 157 g/mol. The molecule has 1 radical (unpaired) electrons. The predicted molar refractivity (Wildman–Crippen MR) is 37.0 cm³/mol. The Kier molecular flexibility index (Phi) is 2.41. The second-order valence-corrected chi connectivity index (χ2v) is 1.96. The summed E-state index contributed by atoms with van der Waals surface area (Å²) < 4.78 is 29.6. The summed E-state index contributed by atoms with van der Waals surface area (Å²) in [7, 11) is 0. The Morgan fingerprint density at radius 3 is 2.18 bits per heavy atom. The average molecular weight is 157 g/mol. The summed E-state index contributed by atoms with van der Waals surface area (Å²) in [5.74, 6) is -1.10. The van der Waals surface area contributed by atoms with Gasteiger partial charge in [-0.05, 0) is 6.92 Å². The number of halogens is 2. The molecular formula is C8H7F2O. The van der Waals surface area contributed by atoms with E-state index in [0.717, 1.165) is 18.2 Å². The fourth-order valence-corrected chi connectivity index (χ4v) is 0.733. The van der Waals surface area contributed by atoms with E-state index in [4.69, 9.17) is 4.74 Å². The lowest BCUT2D eigenvalue weighted by atomic mass is 10.3. The van der Waals surface area contributed by atoms with E-state index in [1.54, 1.807) is 6.92 Å². The van der Waals surface area contributed by atoms with Crippen molar-refractivity contribution < 1.29 is 13.5 Å². The van der Waals surface area contributed by atoms with E-state index in [2.05, 4.69) is 0 Å². The Labute approximate surface area is 63.6 Å². The highest BCUT2D eigenvalue weighted by atomic mass is 19.1. The van der Waals surface area contributed by atoms with Gasteiger partial charge in [-0.3, -0.25) is 0 Å². The van der Waals surface area contributed by atoms with Gasteiger partial charge in [-0.25, -0.2) is 8.78 Å². The molecule has 0 aliphatic heterocycles. The second kappa shape index (κ2) is 3.32. The molecule has 0 fully saturated rings. The van der Waals surface area contributed by atoms with Gasteiger partial charge >= 0.3 is 0 Å². The van der Waals surface area contributed by atoms with E-state index in [1.807, 2.05) is 0 Å². The number of hydrogen-bond acceptors (Lipinski definition) is 1. The van der Waals surface area contributed by atoms with Gasteiger partial charge in [0.1, 0.15) is 24.0 Å². The molecule has 0 atom stereocenters. The molecule has 0 amide bonds. The molecule has 0 aromatic heterocycles. The fourth-order valence-electron chi connectivity index (χ4n) is 0.733. The Morgan fingerprint density at radius 1 is 1.18 bits per heavy atom. The zero-order chi connectivity index (χ0) is 8.27. The zero-order valence-corrected chi connectivity index (χ0v) is 5.97. The molecule has 1 rings (SSSR count). The van der Waals surface area contributed by atoms with E-state index in [-0.39, 0.29) is 5.75 Å². The van der Waals surface area contributed by atoms with Gasteiger partial charge in [0.05, 0.1) is 0 Å². The molecule has 0 aliphatic carbocycles. The highest BCUT2D eigenvalue weighted by Gasteiger charge is 1.99. The third-order valence-electron chi connectivity index (χ3n) is 1.09. The van der Waals surface area contributed by atoms with E-state index in [9.17, 15) is 8.78 Å². The molecule has 0 N–H and O–H groups in total. The molecule has 1 aromatic rings. The second-order valence-electron chi connectivity index (χ2n) is 1.96. The largest absolute Gasteiger partial charge is 0.487 e. The van der Waals surface area contributed by atoms with Crippen LogP contribution in [-0.2, 0) is 0 Å². The van der Waals surface area contributed by atoms with Crippen LogP contribution in [0.4, 0.5) is 8.78 Å². The smallest absolute Gasteiger partial charge is 0.132 e. The molecular weight excluding hydrogens is 150 g/mol. The van der Waals surface area contributed by atoms with Crippen LogP contribution in [0.15, 0.2) is 18.2 Å². The summed E-state index contributed by atoms with van der Waals surface area (Å²) >= 11 is 0. The van der Waals surface area contributed by atoms with Crippen molar-refractivity contribution in [2.75, 3.05) is 0 Å². The van der Waals surface area contributed by atoms with Gasteiger partial charge in [0.25, 0.3) is 0 Å². The van der Waals surface area contributed by atoms with Crippen LogP contribution < -0.4 is 4.74 Å². The summed E-state index contributed by atoms with van der Waals surface area (Å²) in [4.78, 5) is 0. The topological polar surface area (TPSA) is 9.23 Å². The quantitative estimate of drug-likeness (QED) is 0.640. The normalized spacial score (nSPS) is 9.73. The molecule has 0 heterocycles. The van der Waals surface area contributed by atoms with Crippen LogP contribution >= 0.6 is 0 Å². The van der Waals surface area contributed by atoms with Gasteiger partial charge in [-0.2, -0.15) is 0 Å². The van der Waals surface area contributed by atoms with Crippen molar-refractivity contribution in [3.63, 3.8) is 0 Å². The van der Waals surface area contributed by atoms with Gasteiger partial charge in [0, 0.05) is 18.2 Å². The van der Waals surface area contributed by atoms with Crippen LogP contribution in [0.2, 0.25) is 0 Å². The molecule has 1 nitrogen and oxygen atoms in total. The summed E-state index contributed by atoms with van der Waals surface area (Å²) in [5.41, 5.74) is 0.